The van der Waals surface area contributed by atoms with E-state index in [2.05, 4.69) is 5.32 Å². The molecule has 1 rings (SSSR count). The molecule has 8 heteroatoms. The fourth-order valence-electron chi connectivity index (χ4n) is 1.27. The van der Waals surface area contributed by atoms with Gasteiger partial charge in [-0.25, -0.2) is 0 Å². The van der Waals surface area contributed by atoms with Crippen LogP contribution in [0.1, 0.15) is 5.56 Å². The van der Waals surface area contributed by atoms with Crippen molar-refractivity contribution in [2.75, 3.05) is 17.6 Å². The van der Waals surface area contributed by atoms with Crippen LogP contribution in [-0.2, 0) is 0 Å². The molecule has 0 fully saturated rings. The quantitative estimate of drug-likeness (QED) is 0.509. The molecule has 0 amide bonds. The van der Waals surface area contributed by atoms with Crippen molar-refractivity contribution in [3.05, 3.63) is 33.9 Å². The SMILES string of the molecule is Cc1ccc([N+](=O)[O-])cc1NCCSC(F)(F)F. The number of nitro groups is 1. The normalized spacial score (nSPS) is 11.3. The third kappa shape index (κ3) is 4.82. The summed E-state index contributed by atoms with van der Waals surface area (Å²) in [7, 11) is 0. The van der Waals surface area contributed by atoms with Gasteiger partial charge in [0.15, 0.2) is 0 Å². The molecule has 0 aliphatic heterocycles. The van der Waals surface area contributed by atoms with Gasteiger partial charge in [-0.1, -0.05) is 6.07 Å². The highest BCUT2D eigenvalue weighted by Gasteiger charge is 2.27. The van der Waals surface area contributed by atoms with E-state index in [1.165, 1.54) is 12.1 Å². The summed E-state index contributed by atoms with van der Waals surface area (Å²) in [6, 6.07) is 4.22. The van der Waals surface area contributed by atoms with Crippen LogP contribution in [0, 0.1) is 17.0 Å². The fraction of sp³-hybridized carbons (Fsp3) is 0.400. The highest BCUT2D eigenvalue weighted by Crippen LogP contribution is 2.30. The number of nitrogens with one attached hydrogen (secondary N) is 1. The molecule has 0 spiro atoms. The number of halogens is 3. The summed E-state index contributed by atoms with van der Waals surface area (Å²) in [5.74, 6) is -0.147. The van der Waals surface area contributed by atoms with Crippen LogP contribution >= 0.6 is 11.8 Å². The summed E-state index contributed by atoms with van der Waals surface area (Å²) in [6.07, 6.45) is 0. The van der Waals surface area contributed by atoms with Crippen molar-refractivity contribution >= 4 is 23.1 Å². The maximum absolute atomic E-state index is 11.9. The number of nitro benzene ring substituents is 1. The molecule has 0 radical (unpaired) electrons. The minimum atomic E-state index is -4.25. The number of aryl methyl sites for hydroxylation is 1. The molecule has 1 aromatic carbocycles. The lowest BCUT2D eigenvalue weighted by Crippen LogP contribution is -2.10. The first-order chi connectivity index (χ1) is 8.29. The van der Waals surface area contributed by atoms with Gasteiger partial charge in [0, 0.05) is 30.1 Å². The highest BCUT2D eigenvalue weighted by atomic mass is 32.2. The van der Waals surface area contributed by atoms with Crippen LogP contribution in [0.4, 0.5) is 24.5 Å². The van der Waals surface area contributed by atoms with Crippen molar-refractivity contribution < 1.29 is 18.1 Å². The van der Waals surface area contributed by atoms with Gasteiger partial charge in [-0.3, -0.25) is 10.1 Å². The van der Waals surface area contributed by atoms with Gasteiger partial charge in [0.25, 0.3) is 5.69 Å². The van der Waals surface area contributed by atoms with E-state index in [0.717, 1.165) is 5.56 Å². The molecule has 1 N–H and O–H groups in total. The number of non-ortho nitro benzene ring substituents is 1. The average molecular weight is 280 g/mol. The molecule has 100 valence electrons. The van der Waals surface area contributed by atoms with E-state index in [0.29, 0.717) is 5.69 Å². The van der Waals surface area contributed by atoms with Crippen molar-refractivity contribution in [1.29, 1.82) is 0 Å². The summed E-state index contributed by atoms with van der Waals surface area (Å²) in [5, 5.41) is 13.3. The van der Waals surface area contributed by atoms with E-state index in [1.54, 1.807) is 13.0 Å². The monoisotopic (exact) mass is 280 g/mol. The Morgan fingerprint density at radius 1 is 1.44 bits per heavy atom. The summed E-state index contributed by atoms with van der Waals surface area (Å²) in [4.78, 5) is 10.0. The molecule has 0 unspecified atom stereocenters. The van der Waals surface area contributed by atoms with Crippen LogP contribution in [0.5, 0.6) is 0 Å². The third-order valence-electron chi connectivity index (χ3n) is 2.12. The Kier molecular flexibility index (Phi) is 4.83. The second-order valence-electron chi connectivity index (χ2n) is 3.48. The number of benzene rings is 1. The van der Waals surface area contributed by atoms with Gasteiger partial charge in [0.1, 0.15) is 0 Å². The number of hydrogen-bond donors (Lipinski definition) is 1. The topological polar surface area (TPSA) is 55.2 Å². The predicted molar refractivity (Wildman–Crippen MR) is 64.8 cm³/mol. The lowest BCUT2D eigenvalue weighted by Gasteiger charge is -2.10. The van der Waals surface area contributed by atoms with Crippen molar-refractivity contribution in [2.24, 2.45) is 0 Å². The maximum atomic E-state index is 11.9. The minimum Gasteiger partial charge on any atom is -0.384 e. The van der Waals surface area contributed by atoms with Crippen LogP contribution in [-0.4, -0.2) is 22.7 Å². The van der Waals surface area contributed by atoms with E-state index in [-0.39, 0.29) is 29.7 Å². The number of thioether (sulfide) groups is 1. The smallest absolute Gasteiger partial charge is 0.384 e. The van der Waals surface area contributed by atoms with E-state index in [1.807, 2.05) is 0 Å². The van der Waals surface area contributed by atoms with Gasteiger partial charge in [-0.2, -0.15) is 13.2 Å². The number of rotatable bonds is 5. The van der Waals surface area contributed by atoms with Crippen molar-refractivity contribution in [3.63, 3.8) is 0 Å². The molecular formula is C10H11F3N2O2S. The van der Waals surface area contributed by atoms with E-state index in [9.17, 15) is 23.3 Å². The third-order valence-corrected chi connectivity index (χ3v) is 2.85. The zero-order valence-electron chi connectivity index (χ0n) is 9.45. The zero-order valence-corrected chi connectivity index (χ0v) is 10.3. The van der Waals surface area contributed by atoms with Gasteiger partial charge in [-0.15, -0.1) is 0 Å². The van der Waals surface area contributed by atoms with Gasteiger partial charge in [0.2, 0.25) is 0 Å². The summed E-state index contributed by atoms with van der Waals surface area (Å²) in [6.45, 7) is 1.81. The van der Waals surface area contributed by atoms with Gasteiger partial charge in [-0.05, 0) is 24.2 Å². The van der Waals surface area contributed by atoms with Crippen LogP contribution in [0.15, 0.2) is 18.2 Å². The van der Waals surface area contributed by atoms with Gasteiger partial charge in [0.05, 0.1) is 4.92 Å². The van der Waals surface area contributed by atoms with E-state index >= 15 is 0 Å². The lowest BCUT2D eigenvalue weighted by molar-refractivity contribution is -0.384. The van der Waals surface area contributed by atoms with Crippen LogP contribution in [0.2, 0.25) is 0 Å². The van der Waals surface area contributed by atoms with Gasteiger partial charge < -0.3 is 5.32 Å². The molecule has 0 atom stereocenters. The molecule has 0 heterocycles. The molecule has 4 nitrogen and oxygen atoms in total. The first-order valence-electron chi connectivity index (χ1n) is 4.99. The van der Waals surface area contributed by atoms with Crippen LogP contribution in [0.3, 0.4) is 0 Å². The van der Waals surface area contributed by atoms with E-state index < -0.39 is 10.4 Å². The highest BCUT2D eigenvalue weighted by molar-refractivity contribution is 8.00. The van der Waals surface area contributed by atoms with Gasteiger partial charge >= 0.3 is 5.51 Å². The average Bonchev–Trinajstić information content (AvgIpc) is 2.24. The van der Waals surface area contributed by atoms with Crippen molar-refractivity contribution in [3.8, 4) is 0 Å². The molecule has 0 aromatic heterocycles. The molecule has 0 saturated carbocycles. The second kappa shape index (κ2) is 5.94. The zero-order chi connectivity index (χ0) is 13.8. The Labute approximate surface area is 106 Å². The molecule has 18 heavy (non-hydrogen) atoms. The standard InChI is InChI=1S/C10H11F3N2O2S/c1-7-2-3-8(15(16)17)6-9(7)14-4-5-18-10(11,12)13/h2-3,6,14H,4-5H2,1H3. The maximum Gasteiger partial charge on any atom is 0.441 e. The number of anilines is 1. The summed E-state index contributed by atoms with van der Waals surface area (Å²) >= 11 is -0.127. The Morgan fingerprint density at radius 3 is 2.67 bits per heavy atom. The number of nitrogens with zero attached hydrogens (tertiary/aromatic N) is 1. The van der Waals surface area contributed by atoms with Crippen LogP contribution in [0.25, 0.3) is 0 Å². The fourth-order valence-corrected chi connectivity index (χ4v) is 1.70. The molecule has 0 saturated heterocycles. The van der Waals surface area contributed by atoms with Crippen LogP contribution < -0.4 is 5.32 Å². The van der Waals surface area contributed by atoms with E-state index in [4.69, 9.17) is 0 Å². The summed E-state index contributed by atoms with van der Waals surface area (Å²) in [5.41, 5.74) is -3.12. The predicted octanol–water partition coefficient (Wildman–Crippen LogP) is 3.57. The Morgan fingerprint density at radius 2 is 2.11 bits per heavy atom. The summed E-state index contributed by atoms with van der Waals surface area (Å²) < 4.78 is 35.6. The Bertz CT molecular complexity index is 438. The molecular weight excluding hydrogens is 269 g/mol. The second-order valence-corrected chi connectivity index (χ2v) is 4.64. The van der Waals surface area contributed by atoms with Crippen molar-refractivity contribution in [1.82, 2.24) is 0 Å². The Balaban J connectivity index is 2.56. The number of hydrogen-bond acceptors (Lipinski definition) is 4. The minimum absolute atomic E-state index is 0.0895. The van der Waals surface area contributed by atoms with Crippen molar-refractivity contribution in [2.45, 2.75) is 12.4 Å². The molecule has 1 aromatic rings. The molecule has 0 aliphatic carbocycles. The first kappa shape index (κ1) is 14.6. The molecule has 0 bridgehead atoms. The largest absolute Gasteiger partial charge is 0.441 e. The lowest BCUT2D eigenvalue weighted by atomic mass is 10.2. The first-order valence-corrected chi connectivity index (χ1v) is 5.98. The number of alkyl halides is 3. The Hall–Kier alpha value is -1.44. The molecule has 0 aliphatic rings.